The van der Waals surface area contributed by atoms with Gasteiger partial charge in [0.2, 0.25) is 0 Å². The van der Waals surface area contributed by atoms with Gasteiger partial charge < -0.3 is 4.74 Å². The van der Waals surface area contributed by atoms with Crippen LogP contribution in [0.3, 0.4) is 0 Å². The molecule has 0 radical (unpaired) electrons. The molecule has 0 N–H and O–H groups in total. The van der Waals surface area contributed by atoms with Crippen molar-refractivity contribution in [2.75, 3.05) is 0 Å². The molecule has 0 unspecified atom stereocenters. The van der Waals surface area contributed by atoms with E-state index < -0.39 is 0 Å². The second kappa shape index (κ2) is 5.65. The molecule has 0 aliphatic carbocycles. The van der Waals surface area contributed by atoms with Crippen LogP contribution in [0.2, 0.25) is 0 Å². The number of carbonyl (C=O) groups is 1. The number of rotatable bonds is 5. The molecule has 0 atom stereocenters. The Bertz CT molecular complexity index is 576. The SMILES string of the molecule is Cc1ccc(OCc2ncnn2C(C)C)c(C=O)c1. The molecule has 2 rings (SSSR count). The molecule has 1 aromatic carbocycles. The molecule has 2 aromatic rings. The fourth-order valence-corrected chi connectivity index (χ4v) is 1.84. The lowest BCUT2D eigenvalue weighted by Gasteiger charge is -2.11. The largest absolute Gasteiger partial charge is 0.485 e. The predicted molar refractivity (Wildman–Crippen MR) is 71.3 cm³/mol. The molecule has 1 heterocycles. The lowest BCUT2D eigenvalue weighted by molar-refractivity contribution is 0.111. The van der Waals surface area contributed by atoms with E-state index in [9.17, 15) is 4.79 Å². The van der Waals surface area contributed by atoms with Crippen LogP contribution in [0.5, 0.6) is 5.75 Å². The van der Waals surface area contributed by atoms with Crippen molar-refractivity contribution in [3.05, 3.63) is 41.5 Å². The van der Waals surface area contributed by atoms with E-state index in [1.807, 2.05) is 26.8 Å². The third-order valence-electron chi connectivity index (χ3n) is 2.79. The van der Waals surface area contributed by atoms with Crippen molar-refractivity contribution < 1.29 is 9.53 Å². The van der Waals surface area contributed by atoms with E-state index in [1.54, 1.807) is 16.8 Å². The number of nitrogens with zero attached hydrogens (tertiary/aromatic N) is 3. The van der Waals surface area contributed by atoms with E-state index in [0.29, 0.717) is 17.9 Å². The molecular formula is C14H17N3O2. The van der Waals surface area contributed by atoms with Crippen molar-refractivity contribution in [1.82, 2.24) is 14.8 Å². The smallest absolute Gasteiger partial charge is 0.165 e. The van der Waals surface area contributed by atoms with E-state index in [4.69, 9.17) is 4.74 Å². The Morgan fingerprint density at radius 2 is 2.21 bits per heavy atom. The highest BCUT2D eigenvalue weighted by atomic mass is 16.5. The summed E-state index contributed by atoms with van der Waals surface area (Å²) in [5.74, 6) is 1.31. The molecule has 0 saturated carbocycles. The minimum atomic E-state index is 0.227. The van der Waals surface area contributed by atoms with Gasteiger partial charge in [-0.25, -0.2) is 9.67 Å². The first-order valence-corrected chi connectivity index (χ1v) is 6.19. The number of carbonyl (C=O) groups excluding carboxylic acids is 1. The summed E-state index contributed by atoms with van der Waals surface area (Å²) in [6, 6.07) is 5.74. The van der Waals surface area contributed by atoms with Crippen molar-refractivity contribution in [3.63, 3.8) is 0 Å². The van der Waals surface area contributed by atoms with Crippen molar-refractivity contribution in [2.45, 2.75) is 33.4 Å². The molecule has 5 heteroatoms. The van der Waals surface area contributed by atoms with Gasteiger partial charge in [0.25, 0.3) is 0 Å². The third-order valence-corrected chi connectivity index (χ3v) is 2.79. The Kier molecular flexibility index (Phi) is 3.94. The van der Waals surface area contributed by atoms with E-state index in [0.717, 1.165) is 17.7 Å². The topological polar surface area (TPSA) is 57.0 Å². The summed E-state index contributed by atoms with van der Waals surface area (Å²) in [4.78, 5) is 15.2. The lowest BCUT2D eigenvalue weighted by atomic mass is 10.1. The van der Waals surface area contributed by atoms with E-state index in [2.05, 4.69) is 10.1 Å². The summed E-state index contributed by atoms with van der Waals surface area (Å²) in [7, 11) is 0. The van der Waals surface area contributed by atoms with Crippen LogP contribution >= 0.6 is 0 Å². The van der Waals surface area contributed by atoms with Crippen LogP contribution in [0.1, 0.15) is 41.6 Å². The second-order valence-electron chi connectivity index (χ2n) is 4.66. The standard InChI is InChI=1S/C14H17N3O2/c1-10(2)17-14(15-9-16-17)8-19-13-5-4-11(3)6-12(13)7-18/h4-7,9-10H,8H2,1-3H3. The van der Waals surface area contributed by atoms with Gasteiger partial charge in [0.1, 0.15) is 18.7 Å². The second-order valence-corrected chi connectivity index (χ2v) is 4.66. The zero-order valence-corrected chi connectivity index (χ0v) is 11.3. The normalized spacial score (nSPS) is 10.7. The fourth-order valence-electron chi connectivity index (χ4n) is 1.84. The highest BCUT2D eigenvalue weighted by molar-refractivity contribution is 5.79. The number of benzene rings is 1. The number of aldehydes is 1. The molecule has 0 bridgehead atoms. The summed E-state index contributed by atoms with van der Waals surface area (Å²) in [6.07, 6.45) is 2.31. The molecule has 0 fully saturated rings. The van der Waals surface area contributed by atoms with Crippen LogP contribution in [-0.2, 0) is 6.61 Å². The van der Waals surface area contributed by atoms with Crippen molar-refractivity contribution in [2.24, 2.45) is 0 Å². The first kappa shape index (κ1) is 13.3. The van der Waals surface area contributed by atoms with E-state index in [-0.39, 0.29) is 6.04 Å². The zero-order valence-electron chi connectivity index (χ0n) is 11.3. The van der Waals surface area contributed by atoms with Gasteiger partial charge in [-0.15, -0.1) is 0 Å². The van der Waals surface area contributed by atoms with E-state index in [1.165, 1.54) is 6.33 Å². The molecule has 0 aliphatic rings. The molecule has 0 amide bonds. The first-order chi connectivity index (χ1) is 9.11. The highest BCUT2D eigenvalue weighted by Gasteiger charge is 2.09. The molecule has 0 aliphatic heterocycles. The van der Waals surface area contributed by atoms with E-state index >= 15 is 0 Å². The van der Waals surface area contributed by atoms with Crippen LogP contribution < -0.4 is 4.74 Å². The van der Waals surface area contributed by atoms with Crippen LogP contribution in [0.25, 0.3) is 0 Å². The maximum atomic E-state index is 11.0. The number of ether oxygens (including phenoxy) is 1. The van der Waals surface area contributed by atoms with Crippen molar-refractivity contribution in [1.29, 1.82) is 0 Å². The summed E-state index contributed by atoms with van der Waals surface area (Å²) < 4.78 is 7.46. The van der Waals surface area contributed by atoms with Gasteiger partial charge in [-0.2, -0.15) is 5.10 Å². The molecule has 0 saturated heterocycles. The Labute approximate surface area is 112 Å². The average Bonchev–Trinajstić information content (AvgIpc) is 2.85. The number of aryl methyl sites for hydroxylation is 1. The maximum absolute atomic E-state index is 11.0. The van der Waals surface area contributed by atoms with Gasteiger partial charge in [0.15, 0.2) is 12.1 Å². The Balaban J connectivity index is 2.14. The van der Waals surface area contributed by atoms with Crippen LogP contribution in [-0.4, -0.2) is 21.1 Å². The molecular weight excluding hydrogens is 242 g/mol. The van der Waals surface area contributed by atoms with Crippen LogP contribution in [0.4, 0.5) is 0 Å². The molecule has 0 spiro atoms. The third kappa shape index (κ3) is 2.99. The van der Waals surface area contributed by atoms with Gasteiger partial charge in [-0.3, -0.25) is 4.79 Å². The fraction of sp³-hybridized carbons (Fsp3) is 0.357. The van der Waals surface area contributed by atoms with Gasteiger partial charge in [0.05, 0.1) is 5.56 Å². The molecule has 19 heavy (non-hydrogen) atoms. The van der Waals surface area contributed by atoms with Gasteiger partial charge in [-0.05, 0) is 32.9 Å². The van der Waals surface area contributed by atoms with Gasteiger partial charge in [0, 0.05) is 6.04 Å². The average molecular weight is 259 g/mol. The molecule has 100 valence electrons. The highest BCUT2D eigenvalue weighted by Crippen LogP contribution is 2.19. The minimum absolute atomic E-state index is 0.227. The number of aromatic nitrogens is 3. The monoisotopic (exact) mass is 259 g/mol. The predicted octanol–water partition coefficient (Wildman–Crippen LogP) is 2.56. The number of hydrogen-bond donors (Lipinski definition) is 0. The van der Waals surface area contributed by atoms with Crippen molar-refractivity contribution >= 4 is 6.29 Å². The van der Waals surface area contributed by atoms with Gasteiger partial charge >= 0.3 is 0 Å². The summed E-state index contributed by atoms with van der Waals surface area (Å²) in [5, 5.41) is 4.14. The summed E-state index contributed by atoms with van der Waals surface area (Å²) in [5.41, 5.74) is 1.58. The maximum Gasteiger partial charge on any atom is 0.165 e. The Morgan fingerprint density at radius 3 is 2.89 bits per heavy atom. The quantitative estimate of drug-likeness (QED) is 0.774. The zero-order chi connectivity index (χ0) is 13.8. The molecule has 1 aromatic heterocycles. The summed E-state index contributed by atoms with van der Waals surface area (Å²) in [6.45, 7) is 6.29. The van der Waals surface area contributed by atoms with Crippen LogP contribution in [0.15, 0.2) is 24.5 Å². The lowest BCUT2D eigenvalue weighted by Crippen LogP contribution is -2.11. The first-order valence-electron chi connectivity index (χ1n) is 6.19. The summed E-state index contributed by atoms with van der Waals surface area (Å²) >= 11 is 0. The Hall–Kier alpha value is -2.17. The van der Waals surface area contributed by atoms with Gasteiger partial charge in [-0.1, -0.05) is 11.6 Å². The molecule has 5 nitrogen and oxygen atoms in total. The van der Waals surface area contributed by atoms with Crippen LogP contribution in [0, 0.1) is 6.92 Å². The number of hydrogen-bond acceptors (Lipinski definition) is 4. The minimum Gasteiger partial charge on any atom is -0.485 e. The van der Waals surface area contributed by atoms with Crippen molar-refractivity contribution in [3.8, 4) is 5.75 Å². The Morgan fingerprint density at radius 1 is 1.42 bits per heavy atom.